The van der Waals surface area contributed by atoms with Crippen molar-refractivity contribution in [2.24, 2.45) is 0 Å². The predicted molar refractivity (Wildman–Crippen MR) is 65.1 cm³/mol. The summed E-state index contributed by atoms with van der Waals surface area (Å²) >= 11 is 3.48. The molecule has 15 heavy (non-hydrogen) atoms. The predicted octanol–water partition coefficient (Wildman–Crippen LogP) is 3.56. The molecule has 0 saturated carbocycles. The molecule has 0 N–H and O–H groups in total. The average Bonchev–Trinajstić information content (AvgIpc) is 2.57. The summed E-state index contributed by atoms with van der Waals surface area (Å²) in [4.78, 5) is 4.56. The molecule has 0 fully saturated rings. The first kappa shape index (κ1) is 8.92. The van der Waals surface area contributed by atoms with Crippen LogP contribution in [0.5, 0.6) is 0 Å². The van der Waals surface area contributed by atoms with E-state index in [1.54, 1.807) is 0 Å². The van der Waals surface area contributed by atoms with Crippen molar-refractivity contribution in [2.75, 3.05) is 0 Å². The summed E-state index contributed by atoms with van der Waals surface area (Å²) in [5, 5.41) is 0. The van der Waals surface area contributed by atoms with Gasteiger partial charge in [0, 0.05) is 10.7 Å². The lowest BCUT2D eigenvalue weighted by atomic mass is 10.2. The highest BCUT2D eigenvalue weighted by Gasteiger charge is 2.05. The van der Waals surface area contributed by atoms with Crippen LogP contribution in [0, 0.1) is 6.92 Å². The SMILES string of the molecule is Cc1cccc2nc3ccc(Br)cn3c12. The molecule has 2 heterocycles. The van der Waals surface area contributed by atoms with Crippen molar-refractivity contribution < 1.29 is 0 Å². The second-order valence-electron chi connectivity index (χ2n) is 3.63. The molecule has 2 aromatic heterocycles. The van der Waals surface area contributed by atoms with Crippen LogP contribution in [-0.4, -0.2) is 9.38 Å². The fourth-order valence-electron chi connectivity index (χ4n) is 1.91. The van der Waals surface area contributed by atoms with E-state index in [9.17, 15) is 0 Å². The van der Waals surface area contributed by atoms with Gasteiger partial charge >= 0.3 is 0 Å². The lowest BCUT2D eigenvalue weighted by molar-refractivity contribution is 1.20. The number of imidazole rings is 1. The van der Waals surface area contributed by atoms with E-state index in [4.69, 9.17) is 0 Å². The van der Waals surface area contributed by atoms with Crippen LogP contribution in [0.25, 0.3) is 16.7 Å². The molecule has 1 aromatic carbocycles. The Morgan fingerprint density at radius 3 is 2.93 bits per heavy atom. The molecule has 3 rings (SSSR count). The number of hydrogen-bond donors (Lipinski definition) is 0. The van der Waals surface area contributed by atoms with Crippen LogP contribution < -0.4 is 0 Å². The lowest BCUT2D eigenvalue weighted by Crippen LogP contribution is -1.85. The number of halogens is 1. The first-order chi connectivity index (χ1) is 7.25. The van der Waals surface area contributed by atoms with E-state index in [1.807, 2.05) is 24.3 Å². The van der Waals surface area contributed by atoms with Gasteiger partial charge in [0.25, 0.3) is 0 Å². The van der Waals surface area contributed by atoms with E-state index < -0.39 is 0 Å². The maximum absolute atomic E-state index is 4.56. The molecule has 0 bridgehead atoms. The fraction of sp³-hybridized carbons (Fsp3) is 0.0833. The minimum Gasteiger partial charge on any atom is -0.298 e. The molecule has 0 spiro atoms. The molecule has 0 radical (unpaired) electrons. The molecule has 0 unspecified atom stereocenters. The third-order valence-electron chi connectivity index (χ3n) is 2.58. The molecular formula is C12H9BrN2. The summed E-state index contributed by atoms with van der Waals surface area (Å²) in [6.45, 7) is 2.11. The molecule has 0 saturated heterocycles. The van der Waals surface area contributed by atoms with Crippen LogP contribution in [0.15, 0.2) is 41.0 Å². The summed E-state index contributed by atoms with van der Waals surface area (Å²) in [5.74, 6) is 0. The average molecular weight is 261 g/mol. The Kier molecular flexibility index (Phi) is 1.83. The topological polar surface area (TPSA) is 17.3 Å². The molecule has 3 heteroatoms. The number of benzene rings is 1. The van der Waals surface area contributed by atoms with Gasteiger partial charge in [0.2, 0.25) is 0 Å². The summed E-state index contributed by atoms with van der Waals surface area (Å²) in [6.07, 6.45) is 2.05. The molecule has 0 atom stereocenters. The number of rotatable bonds is 0. The summed E-state index contributed by atoms with van der Waals surface area (Å²) in [6, 6.07) is 10.2. The summed E-state index contributed by atoms with van der Waals surface area (Å²) < 4.78 is 3.19. The Bertz CT molecular complexity index is 655. The van der Waals surface area contributed by atoms with Gasteiger partial charge in [0.1, 0.15) is 5.65 Å². The zero-order valence-corrected chi connectivity index (χ0v) is 9.82. The van der Waals surface area contributed by atoms with Crippen LogP contribution in [0.2, 0.25) is 0 Å². The Morgan fingerprint density at radius 2 is 2.07 bits per heavy atom. The van der Waals surface area contributed by atoms with Crippen molar-refractivity contribution in [1.82, 2.24) is 9.38 Å². The standard InChI is InChI=1S/C12H9BrN2/c1-8-3-2-4-10-12(8)15-7-9(13)5-6-11(15)14-10/h2-7H,1H3. The number of fused-ring (bicyclic) bond motifs is 3. The van der Waals surface area contributed by atoms with Crippen LogP contribution in [0.4, 0.5) is 0 Å². The summed E-state index contributed by atoms with van der Waals surface area (Å²) in [5.41, 5.74) is 4.47. The second-order valence-corrected chi connectivity index (χ2v) is 4.55. The van der Waals surface area contributed by atoms with Crippen molar-refractivity contribution in [2.45, 2.75) is 6.92 Å². The molecule has 0 amide bonds. The van der Waals surface area contributed by atoms with Gasteiger partial charge in [-0.3, -0.25) is 4.40 Å². The number of para-hydroxylation sites is 1. The fourth-order valence-corrected chi connectivity index (χ4v) is 2.24. The van der Waals surface area contributed by atoms with Crippen molar-refractivity contribution in [3.8, 4) is 0 Å². The first-order valence-electron chi connectivity index (χ1n) is 4.78. The molecule has 2 nitrogen and oxygen atoms in total. The highest BCUT2D eigenvalue weighted by atomic mass is 79.9. The van der Waals surface area contributed by atoms with Crippen molar-refractivity contribution in [1.29, 1.82) is 0 Å². The van der Waals surface area contributed by atoms with Gasteiger partial charge in [0.05, 0.1) is 11.0 Å². The minimum absolute atomic E-state index is 0.988. The number of hydrogen-bond acceptors (Lipinski definition) is 1. The van der Waals surface area contributed by atoms with Crippen LogP contribution in [0.1, 0.15) is 5.56 Å². The van der Waals surface area contributed by atoms with Crippen LogP contribution in [0.3, 0.4) is 0 Å². The normalized spacial score (nSPS) is 11.3. The van der Waals surface area contributed by atoms with Gasteiger partial charge in [-0.15, -0.1) is 0 Å². The lowest BCUT2D eigenvalue weighted by Gasteiger charge is -1.98. The highest BCUT2D eigenvalue weighted by Crippen LogP contribution is 2.21. The molecule has 0 aliphatic rings. The van der Waals surface area contributed by atoms with Gasteiger partial charge in [-0.1, -0.05) is 12.1 Å². The largest absolute Gasteiger partial charge is 0.298 e. The van der Waals surface area contributed by atoms with E-state index in [0.717, 1.165) is 15.6 Å². The van der Waals surface area contributed by atoms with Gasteiger partial charge in [-0.05, 0) is 46.6 Å². The van der Waals surface area contributed by atoms with Gasteiger partial charge in [0.15, 0.2) is 0 Å². The van der Waals surface area contributed by atoms with E-state index in [2.05, 4.69) is 44.5 Å². The Labute approximate surface area is 95.7 Å². The zero-order valence-electron chi connectivity index (χ0n) is 8.24. The third kappa shape index (κ3) is 1.27. The molecular weight excluding hydrogens is 252 g/mol. The van der Waals surface area contributed by atoms with E-state index in [1.165, 1.54) is 11.1 Å². The van der Waals surface area contributed by atoms with Gasteiger partial charge in [-0.25, -0.2) is 4.98 Å². The van der Waals surface area contributed by atoms with Crippen LogP contribution in [-0.2, 0) is 0 Å². The van der Waals surface area contributed by atoms with Crippen LogP contribution >= 0.6 is 15.9 Å². The number of aryl methyl sites for hydroxylation is 1. The number of nitrogens with zero attached hydrogens (tertiary/aromatic N) is 2. The van der Waals surface area contributed by atoms with Crippen molar-refractivity contribution >= 4 is 32.6 Å². The van der Waals surface area contributed by atoms with Crippen molar-refractivity contribution in [3.63, 3.8) is 0 Å². The first-order valence-corrected chi connectivity index (χ1v) is 5.58. The molecule has 74 valence electrons. The quantitative estimate of drug-likeness (QED) is 0.604. The molecule has 0 aliphatic carbocycles. The smallest absolute Gasteiger partial charge is 0.137 e. The molecule has 3 aromatic rings. The van der Waals surface area contributed by atoms with E-state index in [0.29, 0.717) is 0 Å². The third-order valence-corrected chi connectivity index (χ3v) is 3.05. The van der Waals surface area contributed by atoms with Crippen molar-refractivity contribution in [3.05, 3.63) is 46.6 Å². The van der Waals surface area contributed by atoms with E-state index in [-0.39, 0.29) is 0 Å². The maximum Gasteiger partial charge on any atom is 0.137 e. The zero-order chi connectivity index (χ0) is 10.4. The van der Waals surface area contributed by atoms with Gasteiger partial charge < -0.3 is 0 Å². The van der Waals surface area contributed by atoms with Gasteiger partial charge in [-0.2, -0.15) is 0 Å². The monoisotopic (exact) mass is 260 g/mol. The Hall–Kier alpha value is -1.35. The Morgan fingerprint density at radius 1 is 1.20 bits per heavy atom. The Balaban J connectivity index is 2.61. The highest BCUT2D eigenvalue weighted by molar-refractivity contribution is 9.10. The summed E-state index contributed by atoms with van der Waals surface area (Å²) in [7, 11) is 0. The maximum atomic E-state index is 4.56. The minimum atomic E-state index is 0.988. The molecule has 0 aliphatic heterocycles. The second kappa shape index (κ2) is 3.07. The number of pyridine rings is 1. The van der Waals surface area contributed by atoms with E-state index >= 15 is 0 Å². The number of aromatic nitrogens is 2.